The number of allylic oxidation sites excluding steroid dienone is 23. The molecule has 282 valence electrons. The lowest BCUT2D eigenvalue weighted by Gasteiger charge is -2.20. The number of rotatable bonds is 5. The quantitative estimate of drug-likeness (QED) is 0.150. The first kappa shape index (κ1) is 39.6. The Balaban J connectivity index is 0.000000260. The number of benzene rings is 3. The zero-order valence-corrected chi connectivity index (χ0v) is 33.4. The van der Waals surface area contributed by atoms with Crippen LogP contribution >= 0.6 is 0 Å². The third kappa shape index (κ3) is 10.3. The lowest BCUT2D eigenvalue weighted by atomic mass is 9.84. The summed E-state index contributed by atoms with van der Waals surface area (Å²) in [5.41, 5.74) is 12.2. The summed E-state index contributed by atoms with van der Waals surface area (Å²) < 4.78 is 12.0. The predicted molar refractivity (Wildman–Crippen MR) is 241 cm³/mol. The van der Waals surface area contributed by atoms with Crippen molar-refractivity contribution in [3.8, 4) is 5.75 Å². The summed E-state index contributed by atoms with van der Waals surface area (Å²) in [6.07, 6.45) is 41.2. The zero-order valence-electron chi connectivity index (χ0n) is 33.4. The molecule has 0 N–H and O–H groups in total. The van der Waals surface area contributed by atoms with Gasteiger partial charge in [0.15, 0.2) is 0 Å². The van der Waals surface area contributed by atoms with E-state index < -0.39 is 0 Å². The van der Waals surface area contributed by atoms with Crippen molar-refractivity contribution >= 4 is 27.5 Å². The Morgan fingerprint density at radius 3 is 2.50 bits per heavy atom. The fourth-order valence-corrected chi connectivity index (χ4v) is 7.25. The second kappa shape index (κ2) is 19.5. The minimum absolute atomic E-state index is 0.399. The van der Waals surface area contributed by atoms with Crippen LogP contribution in [0.25, 0.3) is 27.5 Å². The van der Waals surface area contributed by atoms with Gasteiger partial charge < -0.3 is 9.15 Å². The van der Waals surface area contributed by atoms with Gasteiger partial charge in [0.2, 0.25) is 0 Å². The van der Waals surface area contributed by atoms with Gasteiger partial charge in [-0.05, 0) is 98.4 Å². The van der Waals surface area contributed by atoms with E-state index in [9.17, 15) is 0 Å². The number of ether oxygens (including phenoxy) is 1. The van der Waals surface area contributed by atoms with Crippen molar-refractivity contribution in [1.82, 2.24) is 0 Å². The van der Waals surface area contributed by atoms with Gasteiger partial charge in [0.05, 0.1) is 0 Å². The molecule has 0 bridgehead atoms. The van der Waals surface area contributed by atoms with Gasteiger partial charge in [-0.1, -0.05) is 176 Å². The Labute approximate surface area is 334 Å². The number of para-hydroxylation sites is 3. The smallest absolute Gasteiger partial charge is 0.143 e. The molecular formula is C54H54O2. The molecule has 4 aliphatic rings. The summed E-state index contributed by atoms with van der Waals surface area (Å²) in [6.45, 7) is 15.8. The number of furan rings is 1. The first-order chi connectivity index (χ1) is 27.3. The highest BCUT2D eigenvalue weighted by atomic mass is 16.5. The van der Waals surface area contributed by atoms with Crippen LogP contribution in [0.15, 0.2) is 221 Å². The molecule has 56 heavy (non-hydrogen) atoms. The average Bonchev–Trinajstić information content (AvgIpc) is 3.52. The first-order valence-corrected chi connectivity index (χ1v) is 19.8. The largest absolute Gasteiger partial charge is 0.458 e. The van der Waals surface area contributed by atoms with Crippen LogP contribution in [0, 0.1) is 11.8 Å². The molecule has 0 saturated heterocycles. The van der Waals surface area contributed by atoms with Crippen LogP contribution < -0.4 is 4.74 Å². The summed E-state index contributed by atoms with van der Waals surface area (Å²) in [5.74, 6) is 2.59. The Bertz CT molecular complexity index is 2420. The Kier molecular flexibility index (Phi) is 13.8. The molecule has 1 aliphatic heterocycles. The summed E-state index contributed by atoms with van der Waals surface area (Å²) in [7, 11) is 0. The Morgan fingerprint density at radius 1 is 0.875 bits per heavy atom. The molecule has 2 heteroatoms. The minimum atomic E-state index is 0.399. The topological polar surface area (TPSA) is 22.4 Å². The maximum atomic E-state index is 6.37. The van der Waals surface area contributed by atoms with E-state index in [0.29, 0.717) is 17.6 Å². The monoisotopic (exact) mass is 734 g/mol. The normalized spacial score (nSPS) is 20.5. The molecule has 2 nitrogen and oxygen atoms in total. The van der Waals surface area contributed by atoms with Crippen molar-refractivity contribution in [1.29, 1.82) is 0 Å². The SMILES string of the molecule is C=C1/C=C\C=C/Cc2ccccc2O1.C=CC.CC1=CC=C(c2cccc3c2oc2ccccc23)C=C(C2C=CC(/C(C)=C/C=C/C3=CC(C)CC=C3)=CC2)C1. The first-order valence-electron chi connectivity index (χ1n) is 19.8. The van der Waals surface area contributed by atoms with Crippen molar-refractivity contribution in [3.05, 3.63) is 228 Å². The fraction of sp³-hybridized carbons (Fsp3) is 0.185. The standard InChI is InChI=1S/C38H36O.C13H12O.C3H6/c1-26-9-6-11-29(23-26)12-7-10-28(3)30-19-21-31(22-20-30)33-24-27(2)17-18-32(25-33)34-14-8-15-36-35-13-4-5-16-37(35)39-38(34)36;1-11-7-3-2-4-8-12-9-5-6-10-13(12)14-11;1-3-2/h4-8,10-21,23,25-26,31H,9,22,24H2,1-3H3;2-7,9-10H,1,8H2;3H,1H2,2H3/b12-7+,28-10+;4-2-,7-3-;. The molecule has 4 aromatic rings. The second-order valence-electron chi connectivity index (χ2n) is 14.7. The molecule has 0 fully saturated rings. The van der Waals surface area contributed by atoms with E-state index in [1.54, 1.807) is 6.08 Å². The Morgan fingerprint density at radius 2 is 1.68 bits per heavy atom. The average molecular weight is 735 g/mol. The van der Waals surface area contributed by atoms with Gasteiger partial charge in [0, 0.05) is 22.3 Å². The van der Waals surface area contributed by atoms with Gasteiger partial charge in [0.25, 0.3) is 0 Å². The van der Waals surface area contributed by atoms with Crippen molar-refractivity contribution in [2.75, 3.05) is 0 Å². The highest BCUT2D eigenvalue weighted by molar-refractivity contribution is 6.08. The maximum Gasteiger partial charge on any atom is 0.143 e. The van der Waals surface area contributed by atoms with Crippen molar-refractivity contribution in [3.63, 3.8) is 0 Å². The molecule has 0 amide bonds. The third-order valence-electron chi connectivity index (χ3n) is 10.1. The van der Waals surface area contributed by atoms with Crippen molar-refractivity contribution in [2.24, 2.45) is 11.8 Å². The van der Waals surface area contributed by atoms with Gasteiger partial charge in [-0.2, -0.15) is 0 Å². The molecule has 3 aliphatic carbocycles. The van der Waals surface area contributed by atoms with Crippen LogP contribution in [0.5, 0.6) is 5.75 Å². The zero-order chi connectivity index (χ0) is 39.3. The molecule has 8 rings (SSSR count). The van der Waals surface area contributed by atoms with E-state index in [-0.39, 0.29) is 0 Å². The van der Waals surface area contributed by atoms with E-state index in [0.717, 1.165) is 48.2 Å². The molecule has 0 radical (unpaired) electrons. The second-order valence-corrected chi connectivity index (χ2v) is 14.7. The fourth-order valence-electron chi connectivity index (χ4n) is 7.25. The summed E-state index contributed by atoms with van der Waals surface area (Å²) in [4.78, 5) is 0. The molecule has 3 aromatic carbocycles. The molecular weight excluding hydrogens is 681 g/mol. The van der Waals surface area contributed by atoms with Gasteiger partial charge in [-0.15, -0.1) is 6.58 Å². The van der Waals surface area contributed by atoms with Crippen LogP contribution in [0.3, 0.4) is 0 Å². The summed E-state index contributed by atoms with van der Waals surface area (Å²) in [6, 6.07) is 22.8. The van der Waals surface area contributed by atoms with Crippen LogP contribution in [0.1, 0.15) is 58.1 Å². The number of fused-ring (bicyclic) bond motifs is 4. The van der Waals surface area contributed by atoms with Crippen LogP contribution in [0.4, 0.5) is 0 Å². The molecule has 0 spiro atoms. The van der Waals surface area contributed by atoms with E-state index in [1.165, 1.54) is 49.8 Å². The summed E-state index contributed by atoms with van der Waals surface area (Å²) in [5, 5.41) is 2.35. The molecule has 2 heterocycles. The van der Waals surface area contributed by atoms with Gasteiger partial charge in [-0.3, -0.25) is 0 Å². The van der Waals surface area contributed by atoms with Gasteiger partial charge >= 0.3 is 0 Å². The molecule has 0 saturated carbocycles. The van der Waals surface area contributed by atoms with E-state index in [4.69, 9.17) is 9.15 Å². The molecule has 2 unspecified atom stereocenters. The number of hydrogen-bond donors (Lipinski definition) is 0. The van der Waals surface area contributed by atoms with Crippen LogP contribution in [0.2, 0.25) is 0 Å². The van der Waals surface area contributed by atoms with Crippen LogP contribution in [-0.4, -0.2) is 0 Å². The van der Waals surface area contributed by atoms with E-state index in [1.807, 2.05) is 49.4 Å². The molecule has 2 atom stereocenters. The number of hydrogen-bond acceptors (Lipinski definition) is 2. The predicted octanol–water partition coefficient (Wildman–Crippen LogP) is 15.2. The maximum absolute atomic E-state index is 6.37. The Hall–Kier alpha value is -6.12. The third-order valence-corrected chi connectivity index (χ3v) is 10.1. The lowest BCUT2D eigenvalue weighted by molar-refractivity contribution is 0.443. The van der Waals surface area contributed by atoms with Crippen LogP contribution in [-0.2, 0) is 6.42 Å². The highest BCUT2D eigenvalue weighted by Gasteiger charge is 2.19. The van der Waals surface area contributed by atoms with E-state index >= 15 is 0 Å². The van der Waals surface area contributed by atoms with Crippen molar-refractivity contribution in [2.45, 2.75) is 53.4 Å². The van der Waals surface area contributed by atoms with Gasteiger partial charge in [-0.25, -0.2) is 0 Å². The van der Waals surface area contributed by atoms with Gasteiger partial charge in [0.1, 0.15) is 22.7 Å². The van der Waals surface area contributed by atoms with Crippen molar-refractivity contribution < 1.29 is 9.15 Å². The molecule has 1 aromatic heterocycles. The highest BCUT2D eigenvalue weighted by Crippen LogP contribution is 2.38. The summed E-state index contributed by atoms with van der Waals surface area (Å²) >= 11 is 0. The van der Waals surface area contributed by atoms with E-state index in [2.05, 4.69) is 155 Å². The lowest BCUT2D eigenvalue weighted by Crippen LogP contribution is -2.05. The minimum Gasteiger partial charge on any atom is -0.458 e.